The normalized spacial score (nSPS) is 17.8. The second kappa shape index (κ2) is 6.51. The lowest BCUT2D eigenvalue weighted by Crippen LogP contribution is -2.30. The summed E-state index contributed by atoms with van der Waals surface area (Å²) < 4.78 is 19.2. The van der Waals surface area contributed by atoms with Crippen LogP contribution in [0.15, 0.2) is 18.2 Å². The van der Waals surface area contributed by atoms with E-state index in [2.05, 4.69) is 11.8 Å². The zero-order valence-corrected chi connectivity index (χ0v) is 11.4. The van der Waals surface area contributed by atoms with Gasteiger partial charge in [0.05, 0.1) is 18.2 Å². The summed E-state index contributed by atoms with van der Waals surface area (Å²) in [5, 5.41) is 0. The molecule has 1 atom stereocenters. The number of carbonyl (C=O) groups excluding carboxylic acids is 1. The molecule has 2 N–H and O–H groups in total. The fraction of sp³-hybridized carbons (Fsp3) is 0.400. The van der Waals surface area contributed by atoms with Gasteiger partial charge < -0.3 is 15.4 Å². The van der Waals surface area contributed by atoms with Gasteiger partial charge >= 0.3 is 0 Å². The molecule has 4 nitrogen and oxygen atoms in total. The number of halogens is 1. The maximum atomic E-state index is 14.0. The molecule has 2 rings (SSSR count). The van der Waals surface area contributed by atoms with Crippen molar-refractivity contribution in [3.8, 4) is 11.8 Å². The Labute approximate surface area is 117 Å². The number of ether oxygens (including phenoxy) is 1. The van der Waals surface area contributed by atoms with Crippen molar-refractivity contribution >= 4 is 5.91 Å². The van der Waals surface area contributed by atoms with Gasteiger partial charge in [-0.05, 0) is 24.6 Å². The van der Waals surface area contributed by atoms with Crippen LogP contribution in [0.1, 0.15) is 22.3 Å². The molecule has 5 heteroatoms. The van der Waals surface area contributed by atoms with Crippen LogP contribution in [0, 0.1) is 17.7 Å². The molecule has 0 aliphatic carbocycles. The maximum absolute atomic E-state index is 14.0. The Hall–Kier alpha value is -1.90. The number of likely N-dealkylation sites (tertiary alicyclic amines) is 1. The van der Waals surface area contributed by atoms with Gasteiger partial charge in [-0.25, -0.2) is 4.39 Å². The van der Waals surface area contributed by atoms with Crippen LogP contribution in [0.2, 0.25) is 0 Å². The quantitative estimate of drug-likeness (QED) is 0.820. The van der Waals surface area contributed by atoms with Crippen LogP contribution >= 0.6 is 0 Å². The van der Waals surface area contributed by atoms with Crippen LogP contribution in [0.3, 0.4) is 0 Å². The third-order valence-corrected chi connectivity index (χ3v) is 3.30. The first-order chi connectivity index (χ1) is 9.65. The molecule has 1 saturated heterocycles. The van der Waals surface area contributed by atoms with Crippen LogP contribution in [-0.2, 0) is 4.74 Å². The van der Waals surface area contributed by atoms with E-state index in [1.807, 2.05) is 0 Å². The van der Waals surface area contributed by atoms with Crippen LogP contribution in [0.25, 0.3) is 0 Å². The van der Waals surface area contributed by atoms with Gasteiger partial charge in [0.25, 0.3) is 5.91 Å². The molecule has 1 aromatic carbocycles. The van der Waals surface area contributed by atoms with Crippen LogP contribution < -0.4 is 5.73 Å². The van der Waals surface area contributed by atoms with Crippen LogP contribution in [0.4, 0.5) is 4.39 Å². The average Bonchev–Trinajstić information content (AvgIpc) is 2.93. The lowest BCUT2D eigenvalue weighted by Gasteiger charge is -2.16. The molecule has 1 fully saturated rings. The molecule has 0 radical (unpaired) electrons. The van der Waals surface area contributed by atoms with E-state index in [0.717, 1.165) is 6.42 Å². The number of hydrogen-bond acceptors (Lipinski definition) is 3. The number of benzene rings is 1. The van der Waals surface area contributed by atoms with Crippen molar-refractivity contribution in [2.75, 3.05) is 26.7 Å². The van der Waals surface area contributed by atoms with Gasteiger partial charge in [0.15, 0.2) is 0 Å². The fourth-order valence-electron chi connectivity index (χ4n) is 2.19. The summed E-state index contributed by atoms with van der Waals surface area (Å²) in [5.74, 6) is 4.52. The second-order valence-corrected chi connectivity index (χ2v) is 4.60. The molecular weight excluding hydrogens is 259 g/mol. The number of amides is 1. The zero-order chi connectivity index (χ0) is 14.5. The van der Waals surface area contributed by atoms with E-state index in [1.54, 1.807) is 18.1 Å². The summed E-state index contributed by atoms with van der Waals surface area (Å²) in [5.41, 5.74) is 5.85. The molecule has 0 aromatic heterocycles. The zero-order valence-electron chi connectivity index (χ0n) is 11.4. The predicted molar refractivity (Wildman–Crippen MR) is 73.6 cm³/mol. The van der Waals surface area contributed by atoms with Crippen molar-refractivity contribution in [3.05, 3.63) is 35.1 Å². The van der Waals surface area contributed by atoms with Crippen molar-refractivity contribution in [3.63, 3.8) is 0 Å². The summed E-state index contributed by atoms with van der Waals surface area (Å²) in [7, 11) is 1.62. The van der Waals surface area contributed by atoms with Gasteiger partial charge in [-0.2, -0.15) is 0 Å². The van der Waals surface area contributed by atoms with Crippen molar-refractivity contribution in [2.24, 2.45) is 5.73 Å². The van der Waals surface area contributed by atoms with E-state index in [-0.39, 0.29) is 24.1 Å². The van der Waals surface area contributed by atoms with Crippen molar-refractivity contribution in [2.45, 2.75) is 12.5 Å². The molecule has 1 aromatic rings. The molecule has 1 unspecified atom stereocenters. The van der Waals surface area contributed by atoms with Crippen molar-refractivity contribution < 1.29 is 13.9 Å². The van der Waals surface area contributed by atoms with Crippen LogP contribution in [-0.4, -0.2) is 43.7 Å². The molecule has 0 bridgehead atoms. The first-order valence-corrected chi connectivity index (χ1v) is 6.46. The lowest BCUT2D eigenvalue weighted by molar-refractivity contribution is 0.0720. The number of nitrogens with two attached hydrogens (primary N) is 1. The molecule has 1 aliphatic heterocycles. The van der Waals surface area contributed by atoms with E-state index < -0.39 is 5.82 Å². The molecule has 0 spiro atoms. The minimum atomic E-state index is -0.556. The first-order valence-electron chi connectivity index (χ1n) is 6.46. The monoisotopic (exact) mass is 276 g/mol. The smallest absolute Gasteiger partial charge is 0.256 e. The second-order valence-electron chi connectivity index (χ2n) is 4.60. The van der Waals surface area contributed by atoms with Crippen molar-refractivity contribution in [1.29, 1.82) is 0 Å². The van der Waals surface area contributed by atoms with Gasteiger partial charge in [-0.3, -0.25) is 4.79 Å². The maximum Gasteiger partial charge on any atom is 0.256 e. The molecule has 1 amide bonds. The Morgan fingerprint density at radius 3 is 3.00 bits per heavy atom. The van der Waals surface area contributed by atoms with Gasteiger partial charge in [0.2, 0.25) is 0 Å². The molecule has 106 valence electrons. The highest BCUT2D eigenvalue weighted by atomic mass is 19.1. The van der Waals surface area contributed by atoms with E-state index in [9.17, 15) is 9.18 Å². The number of methoxy groups -OCH3 is 1. The van der Waals surface area contributed by atoms with Gasteiger partial charge in [0, 0.05) is 25.8 Å². The Balaban J connectivity index is 2.15. The van der Waals surface area contributed by atoms with E-state index >= 15 is 0 Å². The number of hydrogen-bond donors (Lipinski definition) is 1. The third-order valence-electron chi connectivity index (χ3n) is 3.30. The standard InChI is InChI=1S/C15H17FN2O2/c1-20-12-6-8-18(10-12)15(19)13-5-4-11(3-2-7-17)9-14(13)16/h4-5,9,12H,6-8,10,17H2,1H3. The molecule has 0 saturated carbocycles. The molecule has 1 aliphatic rings. The van der Waals surface area contributed by atoms with Crippen molar-refractivity contribution in [1.82, 2.24) is 4.90 Å². The number of rotatable bonds is 2. The van der Waals surface area contributed by atoms with Gasteiger partial charge in [-0.1, -0.05) is 11.8 Å². The van der Waals surface area contributed by atoms with E-state index in [4.69, 9.17) is 10.5 Å². The number of nitrogens with zero attached hydrogens (tertiary/aromatic N) is 1. The highest BCUT2D eigenvalue weighted by Gasteiger charge is 2.28. The fourth-order valence-corrected chi connectivity index (χ4v) is 2.19. The Bertz CT molecular complexity index is 563. The Morgan fingerprint density at radius 2 is 2.40 bits per heavy atom. The summed E-state index contributed by atoms with van der Waals surface area (Å²) in [6, 6.07) is 4.36. The largest absolute Gasteiger partial charge is 0.380 e. The minimum Gasteiger partial charge on any atom is -0.380 e. The average molecular weight is 276 g/mol. The highest BCUT2D eigenvalue weighted by Crippen LogP contribution is 2.18. The summed E-state index contributed by atoms with van der Waals surface area (Å²) in [4.78, 5) is 13.8. The lowest BCUT2D eigenvalue weighted by atomic mass is 10.1. The highest BCUT2D eigenvalue weighted by molar-refractivity contribution is 5.94. The summed E-state index contributed by atoms with van der Waals surface area (Å²) in [6.45, 7) is 1.31. The van der Waals surface area contributed by atoms with E-state index in [0.29, 0.717) is 18.7 Å². The summed E-state index contributed by atoms with van der Waals surface area (Å²) in [6.07, 6.45) is 0.820. The summed E-state index contributed by atoms with van der Waals surface area (Å²) >= 11 is 0. The van der Waals surface area contributed by atoms with Gasteiger partial charge in [0.1, 0.15) is 5.82 Å². The molecular formula is C15H17FN2O2. The minimum absolute atomic E-state index is 0.0386. The van der Waals surface area contributed by atoms with Gasteiger partial charge in [-0.15, -0.1) is 0 Å². The first kappa shape index (κ1) is 14.5. The molecule has 1 heterocycles. The topological polar surface area (TPSA) is 55.6 Å². The molecule has 20 heavy (non-hydrogen) atoms. The SMILES string of the molecule is COC1CCN(C(=O)c2ccc(C#CCN)cc2F)C1. The van der Waals surface area contributed by atoms with Crippen LogP contribution in [0.5, 0.6) is 0 Å². The Morgan fingerprint density at radius 1 is 1.60 bits per heavy atom. The predicted octanol–water partition coefficient (Wildman–Crippen LogP) is 0.997. The van der Waals surface area contributed by atoms with E-state index in [1.165, 1.54) is 12.1 Å². The Kier molecular flexibility index (Phi) is 4.72. The third kappa shape index (κ3) is 3.16. The number of carbonyl (C=O) groups is 1.